The van der Waals surface area contributed by atoms with E-state index in [0.29, 0.717) is 10.0 Å². The summed E-state index contributed by atoms with van der Waals surface area (Å²) in [6.45, 7) is 2.67. The molecule has 1 aromatic carbocycles. The van der Waals surface area contributed by atoms with E-state index >= 15 is 0 Å². The molecule has 0 amide bonds. The van der Waals surface area contributed by atoms with Gasteiger partial charge in [-0.05, 0) is 24.6 Å². The van der Waals surface area contributed by atoms with Crippen molar-refractivity contribution in [2.45, 2.75) is 13.0 Å². The molecule has 0 aliphatic carbocycles. The van der Waals surface area contributed by atoms with Crippen molar-refractivity contribution in [2.24, 2.45) is 4.99 Å². The van der Waals surface area contributed by atoms with Crippen LogP contribution in [0.5, 0.6) is 0 Å². The molecular formula is C10H11Cl3N2S. The van der Waals surface area contributed by atoms with E-state index in [1.807, 2.05) is 23.4 Å². The smallest absolute Gasteiger partial charge is 0.106 e. The van der Waals surface area contributed by atoms with Gasteiger partial charge in [0.15, 0.2) is 0 Å². The van der Waals surface area contributed by atoms with Gasteiger partial charge in [0, 0.05) is 10.0 Å². The van der Waals surface area contributed by atoms with Crippen molar-refractivity contribution in [2.75, 3.05) is 6.54 Å². The summed E-state index contributed by atoms with van der Waals surface area (Å²) in [6, 6.07) is 5.55. The first-order valence-corrected chi connectivity index (χ1v) is 5.69. The minimum Gasteiger partial charge on any atom is -0.305 e. The van der Waals surface area contributed by atoms with Crippen LogP contribution in [0.3, 0.4) is 0 Å². The second kappa shape index (κ2) is 5.50. The minimum absolute atomic E-state index is 0. The van der Waals surface area contributed by atoms with Crippen molar-refractivity contribution in [3.8, 4) is 0 Å². The van der Waals surface area contributed by atoms with Gasteiger partial charge in [-0.3, -0.25) is 4.99 Å². The van der Waals surface area contributed by atoms with E-state index in [2.05, 4.69) is 17.8 Å². The van der Waals surface area contributed by atoms with Gasteiger partial charge in [0.1, 0.15) is 5.84 Å². The highest BCUT2D eigenvalue weighted by Crippen LogP contribution is 2.32. The Bertz CT molecular complexity index is 423. The first kappa shape index (κ1) is 14.0. The highest BCUT2D eigenvalue weighted by atomic mass is 35.5. The summed E-state index contributed by atoms with van der Waals surface area (Å²) in [4.78, 5) is 4.47. The fourth-order valence-corrected chi connectivity index (χ4v) is 2.31. The Kier molecular flexibility index (Phi) is 4.80. The zero-order chi connectivity index (χ0) is 11.0. The quantitative estimate of drug-likeness (QED) is 0.774. The summed E-state index contributed by atoms with van der Waals surface area (Å²) in [5, 5.41) is 1.30. The zero-order valence-corrected chi connectivity index (χ0v) is 11.7. The molecule has 0 bridgehead atoms. The van der Waals surface area contributed by atoms with E-state index in [1.165, 1.54) is 0 Å². The van der Waals surface area contributed by atoms with Crippen molar-refractivity contribution >= 4 is 54.3 Å². The van der Waals surface area contributed by atoms with Gasteiger partial charge in [0.05, 0.1) is 12.6 Å². The van der Waals surface area contributed by atoms with Crippen molar-refractivity contribution in [1.29, 1.82) is 0 Å². The third-order valence-electron chi connectivity index (χ3n) is 2.38. The lowest BCUT2D eigenvalue weighted by atomic mass is 10.1. The average Bonchev–Trinajstić information content (AvgIpc) is 2.46. The summed E-state index contributed by atoms with van der Waals surface area (Å²) in [7, 11) is 0. The van der Waals surface area contributed by atoms with Gasteiger partial charge in [-0.25, -0.2) is 0 Å². The van der Waals surface area contributed by atoms with Crippen LogP contribution in [0, 0.1) is 0 Å². The number of rotatable bonds is 1. The molecule has 0 N–H and O–H groups in total. The molecule has 0 saturated carbocycles. The molecule has 1 unspecified atom stereocenters. The third kappa shape index (κ3) is 2.77. The maximum atomic E-state index is 6.11. The normalized spacial score (nSPS) is 19.4. The predicted molar refractivity (Wildman–Crippen MR) is 75.3 cm³/mol. The molecule has 1 heterocycles. The molecule has 88 valence electrons. The summed E-state index contributed by atoms with van der Waals surface area (Å²) in [5.41, 5.74) is 0.997. The molecule has 6 heteroatoms. The first-order chi connectivity index (χ1) is 7.08. The van der Waals surface area contributed by atoms with E-state index < -0.39 is 0 Å². The van der Waals surface area contributed by atoms with Crippen molar-refractivity contribution < 1.29 is 0 Å². The molecule has 16 heavy (non-hydrogen) atoms. The average molecular weight is 298 g/mol. The van der Waals surface area contributed by atoms with E-state index in [0.717, 1.165) is 17.9 Å². The number of amidine groups is 1. The maximum Gasteiger partial charge on any atom is 0.106 e. The topological polar surface area (TPSA) is 15.6 Å². The summed E-state index contributed by atoms with van der Waals surface area (Å²) >= 11 is 16.2. The third-order valence-corrected chi connectivity index (χ3v) is 3.40. The predicted octanol–water partition coefficient (Wildman–Crippen LogP) is 4.04. The molecular weight excluding hydrogens is 287 g/mol. The molecule has 2 rings (SSSR count). The number of thiol groups is 1. The summed E-state index contributed by atoms with van der Waals surface area (Å²) in [6.07, 6.45) is 0. The fraction of sp³-hybridized carbons (Fsp3) is 0.300. The second-order valence-electron chi connectivity index (χ2n) is 3.44. The SMILES string of the molecule is CC1=NC(c2ccc(Cl)cc2Cl)CN1S.Cl. The number of nitrogens with zero attached hydrogens (tertiary/aromatic N) is 2. The molecule has 0 radical (unpaired) electrons. The molecule has 0 fully saturated rings. The van der Waals surface area contributed by atoms with Crippen LogP contribution in [0.2, 0.25) is 10.0 Å². The Hall–Kier alpha value is -0.0900. The lowest BCUT2D eigenvalue weighted by Crippen LogP contribution is -2.14. The van der Waals surface area contributed by atoms with Gasteiger partial charge in [0.2, 0.25) is 0 Å². The van der Waals surface area contributed by atoms with Crippen LogP contribution < -0.4 is 0 Å². The first-order valence-electron chi connectivity index (χ1n) is 4.53. The van der Waals surface area contributed by atoms with Crippen LogP contribution in [0.15, 0.2) is 23.2 Å². The summed E-state index contributed by atoms with van der Waals surface area (Å²) < 4.78 is 1.82. The Labute approximate surface area is 117 Å². The second-order valence-corrected chi connectivity index (χ2v) is 4.77. The van der Waals surface area contributed by atoms with Gasteiger partial charge in [-0.2, -0.15) is 0 Å². The molecule has 0 spiro atoms. The summed E-state index contributed by atoms with van der Waals surface area (Å²) in [5.74, 6) is 0.911. The van der Waals surface area contributed by atoms with Gasteiger partial charge in [-0.15, -0.1) is 12.4 Å². The van der Waals surface area contributed by atoms with Crippen LogP contribution in [-0.2, 0) is 0 Å². The Morgan fingerprint density at radius 3 is 2.62 bits per heavy atom. The lowest BCUT2D eigenvalue weighted by molar-refractivity contribution is 0.640. The fourth-order valence-electron chi connectivity index (χ4n) is 1.57. The van der Waals surface area contributed by atoms with E-state index in [-0.39, 0.29) is 18.4 Å². The number of hydrogen-bond donors (Lipinski definition) is 1. The van der Waals surface area contributed by atoms with Gasteiger partial charge in [0.25, 0.3) is 0 Å². The van der Waals surface area contributed by atoms with Gasteiger partial charge >= 0.3 is 0 Å². The number of hydrogen-bond acceptors (Lipinski definition) is 3. The van der Waals surface area contributed by atoms with Crippen molar-refractivity contribution in [1.82, 2.24) is 4.31 Å². The molecule has 0 saturated heterocycles. The molecule has 1 atom stereocenters. The largest absolute Gasteiger partial charge is 0.305 e. The number of benzene rings is 1. The van der Waals surface area contributed by atoms with Gasteiger partial charge < -0.3 is 4.31 Å². The zero-order valence-electron chi connectivity index (χ0n) is 8.52. The van der Waals surface area contributed by atoms with Gasteiger partial charge in [-0.1, -0.05) is 42.1 Å². The molecule has 1 aliphatic rings. The van der Waals surface area contributed by atoms with E-state index in [4.69, 9.17) is 23.2 Å². The Morgan fingerprint density at radius 2 is 2.12 bits per heavy atom. The highest BCUT2D eigenvalue weighted by molar-refractivity contribution is 7.78. The monoisotopic (exact) mass is 296 g/mol. The number of halogens is 3. The standard InChI is InChI=1S/C10H10Cl2N2S.ClH/c1-6-13-10(5-14(6)15)8-3-2-7(11)4-9(8)12;/h2-4,10,15H,5H2,1H3;1H. The van der Waals surface area contributed by atoms with Crippen LogP contribution in [0.4, 0.5) is 0 Å². The van der Waals surface area contributed by atoms with E-state index in [9.17, 15) is 0 Å². The van der Waals surface area contributed by atoms with Crippen LogP contribution in [-0.4, -0.2) is 16.7 Å². The van der Waals surface area contributed by atoms with Crippen LogP contribution >= 0.6 is 48.4 Å². The molecule has 1 aromatic rings. The van der Waals surface area contributed by atoms with E-state index in [1.54, 1.807) is 6.07 Å². The molecule has 2 nitrogen and oxygen atoms in total. The highest BCUT2D eigenvalue weighted by Gasteiger charge is 2.23. The van der Waals surface area contributed by atoms with Crippen molar-refractivity contribution in [3.05, 3.63) is 33.8 Å². The Morgan fingerprint density at radius 1 is 1.44 bits per heavy atom. The minimum atomic E-state index is 0. The lowest BCUT2D eigenvalue weighted by Gasteiger charge is -2.12. The Balaban J connectivity index is 0.00000128. The maximum absolute atomic E-state index is 6.11. The molecule has 0 aromatic heterocycles. The molecule has 1 aliphatic heterocycles. The van der Waals surface area contributed by atoms with Crippen molar-refractivity contribution in [3.63, 3.8) is 0 Å². The number of aliphatic imine (C=N–C) groups is 1. The van der Waals surface area contributed by atoms with Crippen LogP contribution in [0.1, 0.15) is 18.5 Å². The van der Waals surface area contributed by atoms with Crippen LogP contribution in [0.25, 0.3) is 0 Å².